The minimum absolute atomic E-state index is 0.0749. The third-order valence-electron chi connectivity index (χ3n) is 1.71. The first-order valence-electron chi connectivity index (χ1n) is 3.37. The van der Waals surface area contributed by atoms with Gasteiger partial charge in [0.05, 0.1) is 12.0 Å². The van der Waals surface area contributed by atoms with E-state index in [1.165, 1.54) is 0 Å². The lowest BCUT2D eigenvalue weighted by atomic mass is 9.84. The largest absolute Gasteiger partial charge is 0.392 e. The molecule has 0 heterocycles. The van der Waals surface area contributed by atoms with Crippen molar-refractivity contribution in [1.82, 2.24) is 0 Å². The molecule has 1 nitrogen and oxygen atoms in total. The van der Waals surface area contributed by atoms with Gasteiger partial charge in [-0.15, -0.1) is 11.6 Å². The van der Waals surface area contributed by atoms with Crippen molar-refractivity contribution in [2.24, 2.45) is 0 Å². The molecule has 54 valence electrons. The Labute approximate surface area is 66.8 Å². The predicted octanol–water partition coefficient (Wildman–Crippen LogP) is 0.433. The second-order valence-corrected chi connectivity index (χ2v) is 3.05. The van der Waals surface area contributed by atoms with Crippen molar-refractivity contribution in [3.05, 3.63) is 23.2 Å². The molecule has 1 atom stereocenters. The van der Waals surface area contributed by atoms with Gasteiger partial charge in [0, 0.05) is 0 Å². The molecule has 0 aromatic rings. The van der Waals surface area contributed by atoms with E-state index in [4.69, 9.17) is 16.7 Å². The third kappa shape index (κ3) is 1.64. The van der Waals surface area contributed by atoms with E-state index in [2.05, 4.69) is 6.08 Å². The van der Waals surface area contributed by atoms with Gasteiger partial charge < -0.3 is 5.11 Å². The highest BCUT2D eigenvalue weighted by Gasteiger charge is 2.08. The van der Waals surface area contributed by atoms with Crippen LogP contribution in [-0.2, 0) is 0 Å². The number of rotatable bonds is 1. The van der Waals surface area contributed by atoms with Gasteiger partial charge in [-0.2, -0.15) is 0 Å². The van der Waals surface area contributed by atoms with Crippen LogP contribution in [0.15, 0.2) is 23.2 Å². The average Bonchev–Trinajstić information content (AvgIpc) is 1.94. The van der Waals surface area contributed by atoms with E-state index in [1.54, 1.807) is 0 Å². The van der Waals surface area contributed by atoms with Crippen LogP contribution in [0.1, 0.15) is 6.42 Å². The van der Waals surface area contributed by atoms with Crippen LogP contribution in [0.2, 0.25) is 0 Å². The Hall–Kier alpha value is -0.205. The Morgan fingerprint density at radius 3 is 3.00 bits per heavy atom. The smallest absolute Gasteiger partial charge is 0.139 e. The van der Waals surface area contributed by atoms with Gasteiger partial charge in [-0.3, -0.25) is 0 Å². The SMILES string of the molecule is BC1=CCC(Cl)C=C1CO. The van der Waals surface area contributed by atoms with Gasteiger partial charge >= 0.3 is 0 Å². The van der Waals surface area contributed by atoms with Crippen LogP contribution in [0.4, 0.5) is 0 Å². The number of allylic oxidation sites excluding steroid dienone is 2. The number of hydrogen-bond donors (Lipinski definition) is 1. The monoisotopic (exact) mass is 156 g/mol. The van der Waals surface area contributed by atoms with Crippen molar-refractivity contribution < 1.29 is 5.11 Å². The highest BCUT2D eigenvalue weighted by Crippen LogP contribution is 2.19. The fourth-order valence-electron chi connectivity index (χ4n) is 1.02. The molecule has 0 aromatic carbocycles. The van der Waals surface area contributed by atoms with Crippen LogP contribution in [0.25, 0.3) is 0 Å². The van der Waals surface area contributed by atoms with Gasteiger partial charge in [-0.1, -0.05) is 17.6 Å². The quantitative estimate of drug-likeness (QED) is 0.431. The summed E-state index contributed by atoms with van der Waals surface area (Å²) in [6.45, 7) is 0.103. The minimum Gasteiger partial charge on any atom is -0.392 e. The highest BCUT2D eigenvalue weighted by atomic mass is 35.5. The number of hydrogen-bond acceptors (Lipinski definition) is 1. The van der Waals surface area contributed by atoms with E-state index in [-0.39, 0.29) is 12.0 Å². The van der Waals surface area contributed by atoms with Crippen LogP contribution in [0.3, 0.4) is 0 Å². The molecule has 0 aromatic heterocycles. The van der Waals surface area contributed by atoms with Crippen LogP contribution < -0.4 is 0 Å². The average molecular weight is 156 g/mol. The van der Waals surface area contributed by atoms with Crippen LogP contribution in [0.5, 0.6) is 0 Å². The van der Waals surface area contributed by atoms with Crippen LogP contribution >= 0.6 is 11.6 Å². The Bertz CT molecular complexity index is 186. The molecule has 0 fully saturated rings. The molecule has 0 saturated carbocycles. The molecule has 0 radical (unpaired) electrons. The lowest BCUT2D eigenvalue weighted by Crippen LogP contribution is -2.06. The molecule has 0 saturated heterocycles. The molecule has 0 bridgehead atoms. The van der Waals surface area contributed by atoms with Crippen molar-refractivity contribution in [3.8, 4) is 0 Å². The van der Waals surface area contributed by atoms with Crippen molar-refractivity contribution in [1.29, 1.82) is 0 Å². The van der Waals surface area contributed by atoms with Crippen LogP contribution in [0, 0.1) is 0 Å². The van der Waals surface area contributed by atoms with E-state index < -0.39 is 0 Å². The topological polar surface area (TPSA) is 20.2 Å². The summed E-state index contributed by atoms with van der Waals surface area (Å²) in [5.74, 6) is 0. The van der Waals surface area contributed by atoms with E-state index >= 15 is 0 Å². The molecular weight excluding hydrogens is 146 g/mol. The van der Waals surface area contributed by atoms with Crippen molar-refractivity contribution in [2.75, 3.05) is 6.61 Å². The Kier molecular flexibility index (Phi) is 2.58. The Morgan fingerprint density at radius 2 is 2.50 bits per heavy atom. The number of halogens is 1. The van der Waals surface area contributed by atoms with Crippen molar-refractivity contribution >= 4 is 19.4 Å². The van der Waals surface area contributed by atoms with Gasteiger partial charge in [0.15, 0.2) is 0 Å². The minimum atomic E-state index is 0.0749. The number of alkyl halides is 1. The molecule has 0 spiro atoms. The maximum Gasteiger partial charge on any atom is 0.139 e. The molecule has 0 amide bonds. The summed E-state index contributed by atoms with van der Waals surface area (Å²) in [5, 5.41) is 8.89. The van der Waals surface area contributed by atoms with Crippen molar-refractivity contribution in [2.45, 2.75) is 11.8 Å². The molecule has 3 heteroatoms. The summed E-state index contributed by atoms with van der Waals surface area (Å²) < 4.78 is 0. The summed E-state index contributed by atoms with van der Waals surface area (Å²) in [6.07, 6.45) is 4.86. The van der Waals surface area contributed by atoms with E-state index in [0.29, 0.717) is 0 Å². The maximum absolute atomic E-state index is 8.81. The second kappa shape index (κ2) is 3.26. The molecule has 1 unspecified atom stereocenters. The molecule has 1 aliphatic carbocycles. The predicted molar refractivity (Wildman–Crippen MR) is 46.1 cm³/mol. The van der Waals surface area contributed by atoms with E-state index in [9.17, 15) is 0 Å². The summed E-state index contributed by atoms with van der Waals surface area (Å²) in [5.41, 5.74) is 2.12. The lowest BCUT2D eigenvalue weighted by molar-refractivity contribution is 0.333. The zero-order valence-electron chi connectivity index (χ0n) is 5.97. The first-order chi connectivity index (χ1) is 4.74. The maximum atomic E-state index is 8.81. The Balaban J connectivity index is 2.74. The molecule has 1 N–H and O–H groups in total. The van der Waals surface area contributed by atoms with Gasteiger partial charge in [0.2, 0.25) is 0 Å². The summed E-state index contributed by atoms with van der Waals surface area (Å²) in [7, 11) is 1.99. The molecule has 10 heavy (non-hydrogen) atoms. The molecule has 1 aliphatic rings. The van der Waals surface area contributed by atoms with Gasteiger partial charge in [0.25, 0.3) is 0 Å². The first kappa shape index (κ1) is 7.90. The van der Waals surface area contributed by atoms with E-state index in [0.717, 1.165) is 17.5 Å². The zero-order valence-corrected chi connectivity index (χ0v) is 6.73. The standard InChI is InChI=1S/C7H10BClO/c8-7-2-1-6(9)3-5(7)4-10/h2-3,6,10H,1,4,8H2. The molecular formula is C7H10BClO. The van der Waals surface area contributed by atoms with Gasteiger partial charge in [-0.25, -0.2) is 0 Å². The Morgan fingerprint density at radius 1 is 1.80 bits per heavy atom. The van der Waals surface area contributed by atoms with Gasteiger partial charge in [-0.05, 0) is 12.0 Å². The summed E-state index contributed by atoms with van der Waals surface area (Å²) in [6, 6.07) is 0. The second-order valence-electron chi connectivity index (χ2n) is 2.49. The highest BCUT2D eigenvalue weighted by molar-refractivity contribution is 6.26. The first-order valence-corrected chi connectivity index (χ1v) is 3.80. The number of aliphatic hydroxyl groups is 1. The molecule has 0 aliphatic heterocycles. The fraction of sp³-hybridized carbons (Fsp3) is 0.429. The summed E-state index contributed by atoms with van der Waals surface area (Å²) >= 11 is 5.82. The summed E-state index contributed by atoms with van der Waals surface area (Å²) in [4.78, 5) is 0. The van der Waals surface area contributed by atoms with Gasteiger partial charge in [0.1, 0.15) is 7.85 Å². The third-order valence-corrected chi connectivity index (χ3v) is 2.01. The van der Waals surface area contributed by atoms with Crippen molar-refractivity contribution in [3.63, 3.8) is 0 Å². The normalized spacial score (nSPS) is 25.6. The zero-order chi connectivity index (χ0) is 7.56. The fourth-order valence-corrected chi connectivity index (χ4v) is 1.26. The lowest BCUT2D eigenvalue weighted by Gasteiger charge is -2.13. The number of aliphatic hydroxyl groups excluding tert-OH is 1. The van der Waals surface area contributed by atoms with E-state index in [1.807, 2.05) is 13.9 Å². The van der Waals surface area contributed by atoms with Crippen LogP contribution in [-0.4, -0.2) is 24.9 Å². The molecule has 1 rings (SSSR count).